The largest absolute Gasteiger partial charge is 0.462 e. The molecule has 1 aromatic carbocycles. The van der Waals surface area contributed by atoms with Gasteiger partial charge in [0.05, 0.1) is 12.1 Å². The number of esters is 1. The Balaban J connectivity index is 2.38. The van der Waals surface area contributed by atoms with E-state index in [2.05, 4.69) is 17.2 Å². The topological polar surface area (TPSA) is 67.4 Å². The first-order valence-electron chi connectivity index (χ1n) is 6.61. The number of carbonyl (C=O) groups is 2. The van der Waals surface area contributed by atoms with Gasteiger partial charge in [0.25, 0.3) is 0 Å². The van der Waals surface area contributed by atoms with Crippen LogP contribution in [0, 0.1) is 5.92 Å². The van der Waals surface area contributed by atoms with E-state index < -0.39 is 24.0 Å². The standard InChI is InChI=1S/C15H17ClN2O3/c1-8(2)21-14(19)12-9(3)17-15(20)18-13(12)10-6-4-5-7-11(10)16/h4-8,12-13H,3H2,1-2H3,(H2,17,18,20). The number of hydrogen-bond acceptors (Lipinski definition) is 3. The van der Waals surface area contributed by atoms with Gasteiger partial charge in [0, 0.05) is 10.7 Å². The molecular weight excluding hydrogens is 292 g/mol. The van der Waals surface area contributed by atoms with Crippen molar-refractivity contribution >= 4 is 23.6 Å². The molecule has 2 unspecified atom stereocenters. The van der Waals surface area contributed by atoms with E-state index in [9.17, 15) is 9.59 Å². The summed E-state index contributed by atoms with van der Waals surface area (Å²) in [4.78, 5) is 24.0. The highest BCUT2D eigenvalue weighted by atomic mass is 35.5. The number of amides is 2. The molecular formula is C15H17ClN2O3. The summed E-state index contributed by atoms with van der Waals surface area (Å²) in [5.41, 5.74) is 0.954. The maximum atomic E-state index is 12.3. The minimum atomic E-state index is -0.731. The summed E-state index contributed by atoms with van der Waals surface area (Å²) < 4.78 is 5.25. The highest BCUT2D eigenvalue weighted by molar-refractivity contribution is 6.31. The maximum Gasteiger partial charge on any atom is 0.319 e. The van der Waals surface area contributed by atoms with Gasteiger partial charge in [-0.05, 0) is 25.5 Å². The van der Waals surface area contributed by atoms with Crippen molar-refractivity contribution in [3.63, 3.8) is 0 Å². The van der Waals surface area contributed by atoms with Crippen LogP contribution in [0.2, 0.25) is 5.02 Å². The van der Waals surface area contributed by atoms with Crippen molar-refractivity contribution in [1.82, 2.24) is 10.6 Å². The molecule has 21 heavy (non-hydrogen) atoms. The van der Waals surface area contributed by atoms with E-state index >= 15 is 0 Å². The van der Waals surface area contributed by atoms with Crippen molar-refractivity contribution in [2.75, 3.05) is 0 Å². The van der Waals surface area contributed by atoms with E-state index in [1.807, 2.05) is 0 Å². The molecule has 0 aromatic heterocycles. The van der Waals surface area contributed by atoms with E-state index in [4.69, 9.17) is 16.3 Å². The van der Waals surface area contributed by atoms with Crippen LogP contribution < -0.4 is 10.6 Å². The van der Waals surface area contributed by atoms with Crippen molar-refractivity contribution in [1.29, 1.82) is 0 Å². The number of urea groups is 1. The van der Waals surface area contributed by atoms with E-state index in [-0.39, 0.29) is 6.10 Å². The zero-order chi connectivity index (χ0) is 15.6. The summed E-state index contributed by atoms with van der Waals surface area (Å²) in [5, 5.41) is 5.70. The Morgan fingerprint density at radius 3 is 2.67 bits per heavy atom. The van der Waals surface area contributed by atoms with Gasteiger partial charge in [-0.25, -0.2) is 4.79 Å². The summed E-state index contributed by atoms with van der Waals surface area (Å²) in [5.74, 6) is -1.18. The Kier molecular flexibility index (Phi) is 4.53. The van der Waals surface area contributed by atoms with E-state index in [1.54, 1.807) is 38.1 Å². The molecule has 2 N–H and O–H groups in total. The van der Waals surface area contributed by atoms with Gasteiger partial charge in [0.15, 0.2) is 0 Å². The number of benzene rings is 1. The minimum Gasteiger partial charge on any atom is -0.462 e. The van der Waals surface area contributed by atoms with Crippen LogP contribution in [0.4, 0.5) is 4.79 Å². The maximum absolute atomic E-state index is 12.3. The van der Waals surface area contributed by atoms with Crippen LogP contribution in [0.3, 0.4) is 0 Å². The van der Waals surface area contributed by atoms with Crippen LogP contribution in [0.25, 0.3) is 0 Å². The third-order valence-corrected chi connectivity index (χ3v) is 3.46. The van der Waals surface area contributed by atoms with Crippen molar-refractivity contribution in [3.8, 4) is 0 Å². The molecule has 2 atom stereocenters. The van der Waals surface area contributed by atoms with Crippen molar-refractivity contribution in [3.05, 3.63) is 47.1 Å². The molecule has 0 bridgehead atoms. The molecule has 1 aliphatic rings. The molecule has 112 valence electrons. The lowest BCUT2D eigenvalue weighted by Crippen LogP contribution is -2.51. The average molecular weight is 309 g/mol. The van der Waals surface area contributed by atoms with Gasteiger partial charge in [-0.3, -0.25) is 4.79 Å². The molecule has 0 saturated carbocycles. The molecule has 0 aliphatic carbocycles. The molecule has 1 fully saturated rings. The molecule has 1 heterocycles. The van der Waals surface area contributed by atoms with Crippen molar-refractivity contribution in [2.45, 2.75) is 26.0 Å². The molecule has 0 radical (unpaired) electrons. The summed E-state index contributed by atoms with van der Waals surface area (Å²) in [6.45, 7) is 7.29. The van der Waals surface area contributed by atoms with Gasteiger partial charge in [-0.1, -0.05) is 36.4 Å². The predicted molar refractivity (Wildman–Crippen MR) is 79.7 cm³/mol. The van der Waals surface area contributed by atoms with Crippen LogP contribution in [0.15, 0.2) is 36.5 Å². The fourth-order valence-electron chi connectivity index (χ4n) is 2.25. The van der Waals surface area contributed by atoms with Gasteiger partial charge in [-0.15, -0.1) is 0 Å². The lowest BCUT2D eigenvalue weighted by atomic mass is 9.89. The fourth-order valence-corrected chi connectivity index (χ4v) is 2.51. The zero-order valence-electron chi connectivity index (χ0n) is 11.9. The molecule has 1 aliphatic heterocycles. The van der Waals surface area contributed by atoms with E-state index in [0.29, 0.717) is 16.3 Å². The second-order valence-electron chi connectivity index (χ2n) is 5.09. The lowest BCUT2D eigenvalue weighted by Gasteiger charge is -2.34. The SMILES string of the molecule is C=C1NC(=O)NC(c2ccccc2Cl)C1C(=O)OC(C)C. The Morgan fingerprint density at radius 2 is 2.05 bits per heavy atom. The highest BCUT2D eigenvalue weighted by Gasteiger charge is 2.39. The third-order valence-electron chi connectivity index (χ3n) is 3.12. The summed E-state index contributed by atoms with van der Waals surface area (Å²) >= 11 is 6.18. The molecule has 1 aromatic rings. The van der Waals surface area contributed by atoms with Gasteiger partial charge in [0.2, 0.25) is 0 Å². The third kappa shape index (κ3) is 3.36. The predicted octanol–water partition coefficient (Wildman–Crippen LogP) is 2.78. The number of carbonyl (C=O) groups excluding carboxylic acids is 2. The quantitative estimate of drug-likeness (QED) is 0.844. The van der Waals surface area contributed by atoms with Crippen molar-refractivity contribution in [2.24, 2.45) is 5.92 Å². The number of rotatable bonds is 3. The second kappa shape index (κ2) is 6.18. The zero-order valence-corrected chi connectivity index (χ0v) is 12.6. The summed E-state index contributed by atoms with van der Waals surface area (Å²) in [6.07, 6.45) is -0.255. The van der Waals surface area contributed by atoms with Crippen LogP contribution in [0.5, 0.6) is 0 Å². The Hall–Kier alpha value is -2.01. The second-order valence-corrected chi connectivity index (χ2v) is 5.49. The number of nitrogens with one attached hydrogen (secondary N) is 2. The normalized spacial score (nSPS) is 21.7. The van der Waals surface area contributed by atoms with Gasteiger partial charge in [-0.2, -0.15) is 0 Å². The first kappa shape index (κ1) is 15.4. The number of hydrogen-bond donors (Lipinski definition) is 2. The first-order chi connectivity index (χ1) is 9.90. The summed E-state index contributed by atoms with van der Waals surface area (Å²) in [7, 11) is 0. The van der Waals surface area contributed by atoms with Crippen LogP contribution in [0.1, 0.15) is 25.5 Å². The molecule has 2 amide bonds. The lowest BCUT2D eigenvalue weighted by molar-refractivity contribution is -0.152. The Labute approximate surface area is 128 Å². The van der Waals surface area contributed by atoms with Crippen LogP contribution >= 0.6 is 11.6 Å². The van der Waals surface area contributed by atoms with E-state index in [0.717, 1.165) is 0 Å². The molecule has 6 heteroatoms. The highest BCUT2D eigenvalue weighted by Crippen LogP contribution is 2.34. The minimum absolute atomic E-state index is 0.255. The smallest absolute Gasteiger partial charge is 0.319 e. The monoisotopic (exact) mass is 308 g/mol. The number of ether oxygens (including phenoxy) is 1. The average Bonchev–Trinajstić information content (AvgIpc) is 2.37. The van der Waals surface area contributed by atoms with Crippen molar-refractivity contribution < 1.29 is 14.3 Å². The van der Waals surface area contributed by atoms with Gasteiger partial charge < -0.3 is 15.4 Å². The first-order valence-corrected chi connectivity index (χ1v) is 6.99. The summed E-state index contributed by atoms with van der Waals surface area (Å²) in [6, 6.07) is 6.03. The Bertz CT molecular complexity index is 586. The van der Waals surface area contributed by atoms with Gasteiger partial charge >= 0.3 is 12.0 Å². The van der Waals surface area contributed by atoms with Crippen LogP contribution in [-0.4, -0.2) is 18.1 Å². The molecule has 0 spiro atoms. The Morgan fingerprint density at radius 1 is 1.38 bits per heavy atom. The molecule has 5 nitrogen and oxygen atoms in total. The number of halogens is 1. The van der Waals surface area contributed by atoms with Crippen LogP contribution in [-0.2, 0) is 9.53 Å². The molecule has 2 rings (SSSR count). The van der Waals surface area contributed by atoms with E-state index in [1.165, 1.54) is 0 Å². The van der Waals surface area contributed by atoms with Gasteiger partial charge in [0.1, 0.15) is 5.92 Å². The molecule has 1 saturated heterocycles. The fraction of sp³-hybridized carbons (Fsp3) is 0.333.